The highest BCUT2D eigenvalue weighted by Crippen LogP contribution is 2.11. The van der Waals surface area contributed by atoms with Crippen LogP contribution >= 0.6 is 0 Å². The minimum Gasteiger partial charge on any atom is -0.394 e. The second kappa shape index (κ2) is 5.63. The van der Waals surface area contributed by atoms with E-state index >= 15 is 0 Å². The second-order valence-corrected chi connectivity index (χ2v) is 4.16. The number of benzene rings is 1. The van der Waals surface area contributed by atoms with Crippen LogP contribution in [0.2, 0.25) is 0 Å². The molecule has 0 saturated carbocycles. The van der Waals surface area contributed by atoms with Crippen molar-refractivity contribution in [3.05, 3.63) is 30.1 Å². The summed E-state index contributed by atoms with van der Waals surface area (Å²) in [6, 6.07) is 5.16. The van der Waals surface area contributed by atoms with E-state index in [2.05, 4.69) is 10.6 Å². The van der Waals surface area contributed by atoms with E-state index in [1.165, 1.54) is 18.2 Å². The molecule has 2 amide bonds. The van der Waals surface area contributed by atoms with Gasteiger partial charge in [-0.2, -0.15) is 0 Å². The normalized spacial score (nSPS) is 13.9. The number of anilines is 1. The number of hydrogen-bond donors (Lipinski definition) is 3. The van der Waals surface area contributed by atoms with Gasteiger partial charge in [-0.25, -0.2) is 9.18 Å². The van der Waals surface area contributed by atoms with Gasteiger partial charge in [0.1, 0.15) is 5.82 Å². The van der Waals surface area contributed by atoms with E-state index in [1.807, 2.05) is 6.92 Å². The average Bonchev–Trinajstić information content (AvgIpc) is 2.28. The summed E-state index contributed by atoms with van der Waals surface area (Å²) in [5.41, 5.74) is -0.295. The molecule has 0 fully saturated rings. The summed E-state index contributed by atoms with van der Waals surface area (Å²) in [4.78, 5) is 11.6. The molecule has 0 bridgehead atoms. The Morgan fingerprint density at radius 3 is 2.76 bits per heavy atom. The van der Waals surface area contributed by atoms with Gasteiger partial charge in [-0.05, 0) is 31.5 Å². The summed E-state index contributed by atoms with van der Waals surface area (Å²) in [5, 5.41) is 14.3. The lowest BCUT2D eigenvalue weighted by Crippen LogP contribution is -2.50. The maximum atomic E-state index is 12.9. The number of aliphatic hydroxyl groups excluding tert-OH is 1. The van der Waals surface area contributed by atoms with E-state index in [0.717, 1.165) is 0 Å². The molecular formula is C12H17FN2O2. The smallest absolute Gasteiger partial charge is 0.319 e. The number of carbonyl (C=O) groups is 1. The monoisotopic (exact) mass is 240 g/mol. The van der Waals surface area contributed by atoms with E-state index in [9.17, 15) is 9.18 Å². The Morgan fingerprint density at radius 1 is 1.53 bits per heavy atom. The average molecular weight is 240 g/mol. The van der Waals surface area contributed by atoms with Crippen LogP contribution in [0.3, 0.4) is 0 Å². The third-order valence-corrected chi connectivity index (χ3v) is 2.63. The first kappa shape index (κ1) is 13.4. The van der Waals surface area contributed by atoms with E-state index in [4.69, 9.17) is 5.11 Å². The van der Waals surface area contributed by atoms with Crippen LogP contribution in [-0.4, -0.2) is 23.3 Å². The Morgan fingerprint density at radius 2 is 2.24 bits per heavy atom. The quantitative estimate of drug-likeness (QED) is 0.754. The molecule has 1 rings (SSSR count). The Bertz CT molecular complexity index is 392. The zero-order valence-electron chi connectivity index (χ0n) is 9.96. The summed E-state index contributed by atoms with van der Waals surface area (Å²) in [5.74, 6) is -0.414. The third-order valence-electron chi connectivity index (χ3n) is 2.63. The van der Waals surface area contributed by atoms with Crippen molar-refractivity contribution in [2.24, 2.45) is 0 Å². The van der Waals surface area contributed by atoms with Gasteiger partial charge in [0.25, 0.3) is 0 Å². The van der Waals surface area contributed by atoms with Gasteiger partial charge in [0, 0.05) is 5.69 Å². The Balaban J connectivity index is 2.61. The number of rotatable bonds is 4. The molecular weight excluding hydrogens is 223 g/mol. The molecule has 1 aromatic rings. The van der Waals surface area contributed by atoms with Crippen molar-refractivity contribution >= 4 is 11.7 Å². The lowest BCUT2D eigenvalue weighted by Gasteiger charge is -2.27. The van der Waals surface area contributed by atoms with Gasteiger partial charge < -0.3 is 15.7 Å². The fraction of sp³-hybridized carbons (Fsp3) is 0.417. The van der Waals surface area contributed by atoms with Crippen molar-refractivity contribution in [1.29, 1.82) is 0 Å². The highest BCUT2D eigenvalue weighted by molar-refractivity contribution is 5.89. The van der Waals surface area contributed by atoms with Crippen LogP contribution in [0.4, 0.5) is 14.9 Å². The van der Waals surface area contributed by atoms with Crippen LogP contribution in [0.5, 0.6) is 0 Å². The molecule has 94 valence electrons. The molecule has 17 heavy (non-hydrogen) atoms. The van der Waals surface area contributed by atoms with Crippen LogP contribution in [0.25, 0.3) is 0 Å². The summed E-state index contributed by atoms with van der Waals surface area (Å²) in [6.45, 7) is 3.44. The molecule has 0 heterocycles. The molecule has 0 saturated heterocycles. The number of halogens is 1. The lowest BCUT2D eigenvalue weighted by molar-refractivity contribution is 0.172. The highest BCUT2D eigenvalue weighted by atomic mass is 19.1. The molecule has 0 aliphatic heterocycles. The molecule has 0 aliphatic rings. The first-order valence-corrected chi connectivity index (χ1v) is 5.44. The summed E-state index contributed by atoms with van der Waals surface area (Å²) in [6.07, 6.45) is 0.597. The Kier molecular flexibility index (Phi) is 4.45. The lowest BCUT2D eigenvalue weighted by atomic mass is 10.0. The maximum absolute atomic E-state index is 12.9. The number of urea groups is 1. The molecule has 4 nitrogen and oxygen atoms in total. The maximum Gasteiger partial charge on any atom is 0.319 e. The molecule has 0 aromatic heterocycles. The number of hydrogen-bond acceptors (Lipinski definition) is 2. The minimum absolute atomic E-state index is 0.153. The molecule has 0 spiro atoms. The Hall–Kier alpha value is -1.62. The van der Waals surface area contributed by atoms with E-state index < -0.39 is 17.4 Å². The first-order chi connectivity index (χ1) is 7.99. The standard InChI is InChI=1S/C12H17FN2O2/c1-3-12(2,8-16)15-11(17)14-10-6-4-5-9(13)7-10/h4-7,16H,3,8H2,1-2H3,(H2,14,15,17). The van der Waals surface area contributed by atoms with Crippen LogP contribution < -0.4 is 10.6 Å². The number of carbonyl (C=O) groups excluding carboxylic acids is 1. The first-order valence-electron chi connectivity index (χ1n) is 5.44. The minimum atomic E-state index is -0.669. The fourth-order valence-electron chi connectivity index (χ4n) is 1.24. The van der Waals surface area contributed by atoms with Gasteiger partial charge in [0.05, 0.1) is 12.1 Å². The fourth-order valence-corrected chi connectivity index (χ4v) is 1.24. The van der Waals surface area contributed by atoms with Crippen LogP contribution in [0.15, 0.2) is 24.3 Å². The summed E-state index contributed by atoms with van der Waals surface area (Å²) in [7, 11) is 0. The van der Waals surface area contributed by atoms with Crippen molar-refractivity contribution < 1.29 is 14.3 Å². The van der Waals surface area contributed by atoms with Crippen molar-refractivity contribution in [2.45, 2.75) is 25.8 Å². The van der Waals surface area contributed by atoms with Gasteiger partial charge in [-0.3, -0.25) is 0 Å². The molecule has 0 radical (unpaired) electrons. The molecule has 0 aliphatic carbocycles. The predicted molar refractivity (Wildman–Crippen MR) is 64.3 cm³/mol. The molecule has 3 N–H and O–H groups in total. The van der Waals surface area contributed by atoms with Gasteiger partial charge in [0.2, 0.25) is 0 Å². The Labute approximate surface area is 99.8 Å². The molecule has 1 aromatic carbocycles. The molecule has 1 unspecified atom stereocenters. The topological polar surface area (TPSA) is 61.4 Å². The SMILES string of the molecule is CCC(C)(CO)NC(=O)Nc1cccc(F)c1. The van der Waals surface area contributed by atoms with Crippen molar-refractivity contribution in [1.82, 2.24) is 5.32 Å². The van der Waals surface area contributed by atoms with Crippen molar-refractivity contribution in [3.63, 3.8) is 0 Å². The zero-order valence-corrected chi connectivity index (χ0v) is 9.96. The number of amides is 2. The van der Waals surface area contributed by atoms with Gasteiger partial charge >= 0.3 is 6.03 Å². The van der Waals surface area contributed by atoms with E-state index in [0.29, 0.717) is 12.1 Å². The largest absolute Gasteiger partial charge is 0.394 e. The van der Waals surface area contributed by atoms with Crippen LogP contribution in [0, 0.1) is 5.82 Å². The molecule has 5 heteroatoms. The third kappa shape index (κ3) is 4.03. The molecule has 1 atom stereocenters. The van der Waals surface area contributed by atoms with Gasteiger partial charge in [-0.15, -0.1) is 0 Å². The highest BCUT2D eigenvalue weighted by Gasteiger charge is 2.23. The van der Waals surface area contributed by atoms with E-state index in [1.54, 1.807) is 13.0 Å². The predicted octanol–water partition coefficient (Wildman–Crippen LogP) is 2.11. The zero-order chi connectivity index (χ0) is 12.9. The number of aliphatic hydroxyl groups is 1. The second-order valence-electron chi connectivity index (χ2n) is 4.16. The van der Waals surface area contributed by atoms with Crippen molar-refractivity contribution in [3.8, 4) is 0 Å². The van der Waals surface area contributed by atoms with Crippen molar-refractivity contribution in [2.75, 3.05) is 11.9 Å². The summed E-state index contributed by atoms with van der Waals surface area (Å²) >= 11 is 0. The van der Waals surface area contributed by atoms with Crippen LogP contribution in [0.1, 0.15) is 20.3 Å². The van der Waals surface area contributed by atoms with Gasteiger partial charge in [0.15, 0.2) is 0 Å². The van der Waals surface area contributed by atoms with Crippen LogP contribution in [-0.2, 0) is 0 Å². The number of nitrogens with one attached hydrogen (secondary N) is 2. The van der Waals surface area contributed by atoms with Gasteiger partial charge in [-0.1, -0.05) is 13.0 Å². The van der Waals surface area contributed by atoms with E-state index in [-0.39, 0.29) is 6.61 Å². The summed E-state index contributed by atoms with van der Waals surface area (Å²) < 4.78 is 12.9.